The van der Waals surface area contributed by atoms with E-state index in [2.05, 4.69) is 22.2 Å². The fourth-order valence-corrected chi connectivity index (χ4v) is 1.99. The van der Waals surface area contributed by atoms with E-state index in [1.54, 1.807) is 0 Å². The number of aliphatic hydroxyl groups is 1. The summed E-state index contributed by atoms with van der Waals surface area (Å²) in [6.45, 7) is 7.10. The Morgan fingerprint density at radius 2 is 2.18 bits per heavy atom. The summed E-state index contributed by atoms with van der Waals surface area (Å²) in [6, 6.07) is 0. The molecular formula is C12H20N4O. The monoisotopic (exact) mass is 236 g/mol. The van der Waals surface area contributed by atoms with Gasteiger partial charge in [0.25, 0.3) is 0 Å². The molecule has 1 aromatic heterocycles. The van der Waals surface area contributed by atoms with Crippen molar-refractivity contribution in [3.8, 4) is 0 Å². The minimum atomic E-state index is -0.605. The van der Waals surface area contributed by atoms with Gasteiger partial charge in [-0.15, -0.1) is 0 Å². The Hall–Kier alpha value is -1.20. The molecule has 94 valence electrons. The molecule has 0 aromatic carbocycles. The lowest BCUT2D eigenvalue weighted by Crippen LogP contribution is -2.30. The molecule has 0 aliphatic carbocycles. The largest absolute Gasteiger partial charge is 0.388 e. The van der Waals surface area contributed by atoms with Crippen molar-refractivity contribution in [3.05, 3.63) is 18.0 Å². The van der Waals surface area contributed by atoms with E-state index < -0.39 is 5.60 Å². The Morgan fingerprint density at radius 1 is 1.47 bits per heavy atom. The molecule has 2 heterocycles. The smallest absolute Gasteiger partial charge is 0.225 e. The Morgan fingerprint density at radius 3 is 2.71 bits per heavy atom. The average molecular weight is 236 g/mol. The van der Waals surface area contributed by atoms with Gasteiger partial charge in [-0.3, -0.25) is 0 Å². The van der Waals surface area contributed by atoms with Gasteiger partial charge in [0.05, 0.1) is 5.60 Å². The summed E-state index contributed by atoms with van der Waals surface area (Å²) in [5.41, 5.74) is 0.479. The molecule has 1 aliphatic heterocycles. The van der Waals surface area contributed by atoms with Crippen molar-refractivity contribution in [1.29, 1.82) is 0 Å². The molecule has 2 rings (SSSR count). The van der Waals surface area contributed by atoms with Gasteiger partial charge in [0, 0.05) is 37.6 Å². The summed E-state index contributed by atoms with van der Waals surface area (Å²) in [4.78, 5) is 10.7. The van der Waals surface area contributed by atoms with Crippen molar-refractivity contribution in [2.45, 2.75) is 32.4 Å². The van der Waals surface area contributed by atoms with Crippen LogP contribution in [0.5, 0.6) is 0 Å². The Bertz CT molecular complexity index is 363. The molecule has 5 heteroatoms. The first-order chi connectivity index (χ1) is 8.11. The predicted molar refractivity (Wildman–Crippen MR) is 66.9 cm³/mol. The third kappa shape index (κ3) is 3.14. The fourth-order valence-electron chi connectivity index (χ4n) is 1.99. The van der Waals surface area contributed by atoms with E-state index in [9.17, 15) is 5.11 Å². The highest BCUT2D eigenvalue weighted by Gasteiger charge is 2.32. The maximum Gasteiger partial charge on any atom is 0.225 e. The van der Waals surface area contributed by atoms with Gasteiger partial charge < -0.3 is 15.3 Å². The van der Waals surface area contributed by atoms with Gasteiger partial charge in [0.2, 0.25) is 5.95 Å². The predicted octanol–water partition coefficient (Wildman–Crippen LogP) is 0.547. The zero-order chi connectivity index (χ0) is 12.3. The van der Waals surface area contributed by atoms with Gasteiger partial charge in [0.1, 0.15) is 0 Å². The Balaban J connectivity index is 1.98. The van der Waals surface area contributed by atoms with Crippen molar-refractivity contribution in [2.24, 2.45) is 0 Å². The molecule has 1 unspecified atom stereocenters. The minimum Gasteiger partial charge on any atom is -0.388 e. The molecule has 1 fully saturated rings. The molecule has 1 saturated heterocycles. The van der Waals surface area contributed by atoms with E-state index >= 15 is 0 Å². The number of anilines is 1. The van der Waals surface area contributed by atoms with Crippen LogP contribution in [0.1, 0.15) is 25.8 Å². The lowest BCUT2D eigenvalue weighted by Gasteiger charge is -2.18. The summed E-state index contributed by atoms with van der Waals surface area (Å²) in [5, 5.41) is 13.1. The van der Waals surface area contributed by atoms with Crippen LogP contribution in [0.15, 0.2) is 12.4 Å². The molecule has 0 saturated carbocycles. The summed E-state index contributed by atoms with van der Waals surface area (Å²) < 4.78 is 0. The first-order valence-electron chi connectivity index (χ1n) is 6.10. The maximum atomic E-state index is 9.89. The van der Waals surface area contributed by atoms with Crippen LogP contribution >= 0.6 is 0 Å². The minimum absolute atomic E-state index is 0.605. The van der Waals surface area contributed by atoms with Gasteiger partial charge in [-0.05, 0) is 19.9 Å². The Labute approximate surface area is 102 Å². The standard InChI is InChI=1S/C12H20N4O/c1-3-13-6-10-7-14-11(15-8-10)16-5-4-12(2,17)9-16/h7-8,13,17H,3-6,9H2,1-2H3. The number of hydrogen-bond donors (Lipinski definition) is 2. The van der Waals surface area contributed by atoms with Crippen LogP contribution < -0.4 is 10.2 Å². The van der Waals surface area contributed by atoms with Crippen molar-refractivity contribution >= 4 is 5.95 Å². The first-order valence-corrected chi connectivity index (χ1v) is 6.10. The molecule has 0 bridgehead atoms. The molecular weight excluding hydrogens is 216 g/mol. The van der Waals surface area contributed by atoms with E-state index in [-0.39, 0.29) is 0 Å². The van der Waals surface area contributed by atoms with E-state index in [0.717, 1.165) is 31.6 Å². The van der Waals surface area contributed by atoms with E-state index in [1.165, 1.54) is 0 Å². The van der Waals surface area contributed by atoms with Gasteiger partial charge in [-0.2, -0.15) is 0 Å². The summed E-state index contributed by atoms with van der Waals surface area (Å²) >= 11 is 0. The van der Waals surface area contributed by atoms with E-state index in [0.29, 0.717) is 12.5 Å². The van der Waals surface area contributed by atoms with Gasteiger partial charge in [0.15, 0.2) is 0 Å². The van der Waals surface area contributed by atoms with Crippen molar-refractivity contribution in [1.82, 2.24) is 15.3 Å². The number of hydrogen-bond acceptors (Lipinski definition) is 5. The van der Waals surface area contributed by atoms with E-state index in [1.807, 2.05) is 24.2 Å². The highest BCUT2D eigenvalue weighted by Crippen LogP contribution is 2.23. The molecule has 1 aromatic rings. The molecule has 0 amide bonds. The molecule has 5 nitrogen and oxygen atoms in total. The molecule has 1 atom stereocenters. The second kappa shape index (κ2) is 4.98. The van der Waals surface area contributed by atoms with Crippen LogP contribution in [0.4, 0.5) is 5.95 Å². The topological polar surface area (TPSA) is 61.3 Å². The average Bonchev–Trinajstić information content (AvgIpc) is 2.68. The lowest BCUT2D eigenvalue weighted by molar-refractivity contribution is 0.0838. The van der Waals surface area contributed by atoms with Crippen LogP contribution in [0.25, 0.3) is 0 Å². The first kappa shape index (κ1) is 12.3. The molecule has 0 radical (unpaired) electrons. The summed E-state index contributed by atoms with van der Waals surface area (Å²) in [5.74, 6) is 0.711. The normalized spacial score (nSPS) is 24.3. The highest BCUT2D eigenvalue weighted by atomic mass is 16.3. The number of nitrogens with zero attached hydrogens (tertiary/aromatic N) is 3. The summed E-state index contributed by atoms with van der Waals surface area (Å²) in [6.07, 6.45) is 4.46. The van der Waals surface area contributed by atoms with Gasteiger partial charge in [-0.1, -0.05) is 6.92 Å². The fraction of sp³-hybridized carbons (Fsp3) is 0.667. The van der Waals surface area contributed by atoms with Crippen molar-refractivity contribution in [3.63, 3.8) is 0 Å². The van der Waals surface area contributed by atoms with Crippen molar-refractivity contribution in [2.75, 3.05) is 24.5 Å². The highest BCUT2D eigenvalue weighted by molar-refractivity contribution is 5.33. The van der Waals surface area contributed by atoms with Crippen LogP contribution in [0.3, 0.4) is 0 Å². The molecule has 17 heavy (non-hydrogen) atoms. The van der Waals surface area contributed by atoms with Crippen molar-refractivity contribution < 1.29 is 5.11 Å². The number of nitrogens with one attached hydrogen (secondary N) is 1. The maximum absolute atomic E-state index is 9.89. The van der Waals surface area contributed by atoms with Crippen LogP contribution in [0.2, 0.25) is 0 Å². The molecule has 0 spiro atoms. The SMILES string of the molecule is CCNCc1cnc(N2CCC(C)(O)C2)nc1. The second-order valence-corrected chi connectivity index (χ2v) is 4.84. The zero-order valence-electron chi connectivity index (χ0n) is 10.5. The molecule has 1 aliphatic rings. The van der Waals surface area contributed by atoms with Crippen LogP contribution in [0, 0.1) is 0 Å². The van der Waals surface area contributed by atoms with Crippen LogP contribution in [-0.4, -0.2) is 40.3 Å². The second-order valence-electron chi connectivity index (χ2n) is 4.84. The van der Waals surface area contributed by atoms with Gasteiger partial charge in [-0.25, -0.2) is 9.97 Å². The van der Waals surface area contributed by atoms with Gasteiger partial charge >= 0.3 is 0 Å². The number of β-amino-alcohol motifs (C(OH)–C–C–N with tert-alkyl or cyclic N) is 1. The number of rotatable bonds is 4. The summed E-state index contributed by atoms with van der Waals surface area (Å²) in [7, 11) is 0. The molecule has 2 N–H and O–H groups in total. The quantitative estimate of drug-likeness (QED) is 0.799. The zero-order valence-corrected chi connectivity index (χ0v) is 10.5. The number of aromatic nitrogens is 2. The van der Waals surface area contributed by atoms with Crippen LogP contribution in [-0.2, 0) is 6.54 Å². The third-order valence-corrected chi connectivity index (χ3v) is 3.01. The lowest BCUT2D eigenvalue weighted by atomic mass is 10.1. The van der Waals surface area contributed by atoms with E-state index in [4.69, 9.17) is 0 Å². The third-order valence-electron chi connectivity index (χ3n) is 3.01. The Kier molecular flexibility index (Phi) is 3.59.